The van der Waals surface area contributed by atoms with Gasteiger partial charge in [-0.05, 0) is 41.8 Å². The molecule has 2 amide bonds. The molecule has 0 bridgehead atoms. The molecule has 3 N–H and O–H groups in total. The molecule has 6 heteroatoms. The van der Waals surface area contributed by atoms with E-state index in [0.717, 1.165) is 27.6 Å². The Kier molecular flexibility index (Phi) is 7.15. The Morgan fingerprint density at radius 1 is 0.970 bits per heavy atom. The van der Waals surface area contributed by atoms with Crippen LogP contribution in [0.1, 0.15) is 29.5 Å². The molecular weight excluding hydrogens is 414 g/mol. The number of rotatable bonds is 9. The van der Waals surface area contributed by atoms with Gasteiger partial charge >= 0.3 is 6.03 Å². The van der Waals surface area contributed by atoms with Crippen LogP contribution >= 0.6 is 0 Å². The van der Waals surface area contributed by atoms with Gasteiger partial charge < -0.3 is 25.1 Å². The first-order valence-electron chi connectivity index (χ1n) is 11.1. The molecule has 33 heavy (non-hydrogen) atoms. The van der Waals surface area contributed by atoms with E-state index in [2.05, 4.69) is 27.8 Å². The lowest BCUT2D eigenvalue weighted by Gasteiger charge is -2.20. The van der Waals surface area contributed by atoms with Gasteiger partial charge in [0.05, 0.1) is 13.7 Å². The van der Waals surface area contributed by atoms with E-state index >= 15 is 0 Å². The topological polar surface area (TPSA) is 75.4 Å². The summed E-state index contributed by atoms with van der Waals surface area (Å²) in [4.78, 5) is 15.9. The number of para-hydroxylation sites is 1. The van der Waals surface area contributed by atoms with E-state index in [1.54, 1.807) is 7.11 Å². The number of aromatic nitrogens is 1. The molecule has 1 aromatic heterocycles. The number of ether oxygens (including phenoxy) is 2. The van der Waals surface area contributed by atoms with Crippen LogP contribution in [0.25, 0.3) is 10.9 Å². The Morgan fingerprint density at radius 3 is 2.55 bits per heavy atom. The van der Waals surface area contributed by atoms with Crippen molar-refractivity contribution in [1.29, 1.82) is 0 Å². The Hall–Kier alpha value is -3.93. The standard InChI is InChI=1S/C27H29N3O3/c1-3-33-25-14-13-20(15-26(25)32-2)22(23-18-28-24-12-8-7-11-21(23)24)17-30-27(31)29-16-19-9-5-4-6-10-19/h4-15,18,22,28H,3,16-17H2,1-2H3,(H2,29,30,31). The predicted octanol–water partition coefficient (Wildman–Crippen LogP) is 5.21. The third-order valence-corrected chi connectivity index (χ3v) is 5.65. The van der Waals surface area contributed by atoms with E-state index in [9.17, 15) is 4.79 Å². The summed E-state index contributed by atoms with van der Waals surface area (Å²) < 4.78 is 11.3. The van der Waals surface area contributed by atoms with Crippen molar-refractivity contribution in [2.24, 2.45) is 0 Å². The number of aromatic amines is 1. The number of fused-ring (bicyclic) bond motifs is 1. The van der Waals surface area contributed by atoms with Crippen LogP contribution in [0.15, 0.2) is 79.0 Å². The van der Waals surface area contributed by atoms with Crippen molar-refractivity contribution in [3.8, 4) is 11.5 Å². The minimum Gasteiger partial charge on any atom is -0.493 e. The van der Waals surface area contributed by atoms with E-state index in [0.29, 0.717) is 31.2 Å². The van der Waals surface area contributed by atoms with Crippen molar-refractivity contribution >= 4 is 16.9 Å². The molecule has 1 atom stereocenters. The summed E-state index contributed by atoms with van der Waals surface area (Å²) >= 11 is 0. The van der Waals surface area contributed by atoms with E-state index in [1.807, 2.05) is 73.8 Å². The fourth-order valence-electron chi connectivity index (χ4n) is 4.00. The van der Waals surface area contributed by atoms with Crippen LogP contribution in [0.2, 0.25) is 0 Å². The molecule has 0 radical (unpaired) electrons. The second kappa shape index (κ2) is 10.6. The molecule has 0 aliphatic heterocycles. The first kappa shape index (κ1) is 22.3. The molecule has 0 fully saturated rings. The summed E-state index contributed by atoms with van der Waals surface area (Å²) in [6.45, 7) is 3.41. The van der Waals surface area contributed by atoms with Crippen molar-refractivity contribution < 1.29 is 14.3 Å². The highest BCUT2D eigenvalue weighted by Crippen LogP contribution is 2.35. The molecule has 1 unspecified atom stereocenters. The number of amides is 2. The molecule has 4 aromatic rings. The minimum absolute atomic E-state index is 0.0757. The maximum atomic E-state index is 12.6. The van der Waals surface area contributed by atoms with Crippen molar-refractivity contribution in [3.05, 3.63) is 95.7 Å². The summed E-state index contributed by atoms with van der Waals surface area (Å²) in [6.07, 6.45) is 2.02. The fourth-order valence-corrected chi connectivity index (χ4v) is 4.00. The molecule has 0 saturated carbocycles. The number of methoxy groups -OCH3 is 1. The zero-order valence-electron chi connectivity index (χ0n) is 18.9. The van der Waals surface area contributed by atoms with Crippen LogP contribution < -0.4 is 20.1 Å². The summed E-state index contributed by atoms with van der Waals surface area (Å²) in [6, 6.07) is 23.8. The SMILES string of the molecule is CCOc1ccc(C(CNC(=O)NCc2ccccc2)c2c[nH]c3ccccc23)cc1OC. The fraction of sp³-hybridized carbons (Fsp3) is 0.222. The third kappa shape index (κ3) is 5.29. The average molecular weight is 444 g/mol. The largest absolute Gasteiger partial charge is 0.493 e. The van der Waals surface area contributed by atoms with Gasteiger partial charge in [0.1, 0.15) is 0 Å². The molecule has 170 valence electrons. The van der Waals surface area contributed by atoms with Crippen LogP contribution in [0.5, 0.6) is 11.5 Å². The highest BCUT2D eigenvalue weighted by Gasteiger charge is 2.21. The third-order valence-electron chi connectivity index (χ3n) is 5.65. The molecule has 0 aliphatic carbocycles. The number of H-pyrrole nitrogens is 1. The lowest BCUT2D eigenvalue weighted by atomic mass is 9.90. The first-order chi connectivity index (χ1) is 16.2. The average Bonchev–Trinajstić information content (AvgIpc) is 3.28. The number of urea groups is 1. The van der Waals surface area contributed by atoms with E-state index < -0.39 is 0 Å². The maximum absolute atomic E-state index is 12.6. The summed E-state index contributed by atoms with van der Waals surface area (Å²) in [5, 5.41) is 7.11. The molecule has 4 rings (SSSR count). The normalized spacial score (nSPS) is 11.7. The van der Waals surface area contributed by atoms with E-state index in [4.69, 9.17) is 9.47 Å². The van der Waals surface area contributed by atoms with Gasteiger partial charge in [-0.25, -0.2) is 4.79 Å². The van der Waals surface area contributed by atoms with Gasteiger partial charge in [0, 0.05) is 36.1 Å². The van der Waals surface area contributed by atoms with Gasteiger partial charge in [0.2, 0.25) is 0 Å². The summed E-state index contributed by atoms with van der Waals surface area (Å²) in [5.74, 6) is 1.30. The minimum atomic E-state index is -0.207. The predicted molar refractivity (Wildman–Crippen MR) is 131 cm³/mol. The lowest BCUT2D eigenvalue weighted by Crippen LogP contribution is -2.37. The van der Waals surface area contributed by atoms with Gasteiger partial charge in [0.15, 0.2) is 11.5 Å². The highest BCUT2D eigenvalue weighted by atomic mass is 16.5. The molecule has 0 spiro atoms. The van der Waals surface area contributed by atoms with E-state index in [1.165, 1.54) is 0 Å². The monoisotopic (exact) mass is 443 g/mol. The van der Waals surface area contributed by atoms with Crippen molar-refractivity contribution in [3.63, 3.8) is 0 Å². The Balaban J connectivity index is 1.58. The van der Waals surface area contributed by atoms with Crippen molar-refractivity contribution in [2.45, 2.75) is 19.4 Å². The summed E-state index contributed by atoms with van der Waals surface area (Å²) in [7, 11) is 1.64. The smallest absolute Gasteiger partial charge is 0.315 e. The Labute approximate surface area is 193 Å². The summed E-state index contributed by atoms with van der Waals surface area (Å²) in [5.41, 5.74) is 4.25. The lowest BCUT2D eigenvalue weighted by molar-refractivity contribution is 0.240. The quantitative estimate of drug-likeness (QED) is 0.333. The number of hydrogen-bond acceptors (Lipinski definition) is 3. The number of benzene rings is 3. The van der Waals surface area contributed by atoms with E-state index in [-0.39, 0.29) is 11.9 Å². The highest BCUT2D eigenvalue weighted by molar-refractivity contribution is 5.84. The molecule has 1 heterocycles. The van der Waals surface area contributed by atoms with Crippen LogP contribution in [0, 0.1) is 0 Å². The second-order valence-electron chi connectivity index (χ2n) is 7.73. The van der Waals surface area contributed by atoms with Crippen LogP contribution in [0.3, 0.4) is 0 Å². The number of hydrogen-bond donors (Lipinski definition) is 3. The Morgan fingerprint density at radius 2 is 1.76 bits per heavy atom. The Bertz CT molecular complexity index is 1200. The zero-order valence-corrected chi connectivity index (χ0v) is 18.9. The van der Waals surface area contributed by atoms with Gasteiger partial charge in [-0.3, -0.25) is 0 Å². The van der Waals surface area contributed by atoms with Crippen molar-refractivity contribution in [1.82, 2.24) is 15.6 Å². The number of carbonyl (C=O) groups is 1. The van der Waals surface area contributed by atoms with Gasteiger partial charge in [-0.1, -0.05) is 54.6 Å². The van der Waals surface area contributed by atoms with Crippen LogP contribution in [-0.4, -0.2) is 31.3 Å². The van der Waals surface area contributed by atoms with Crippen LogP contribution in [-0.2, 0) is 6.54 Å². The molecule has 6 nitrogen and oxygen atoms in total. The molecule has 3 aromatic carbocycles. The molecule has 0 saturated heterocycles. The first-order valence-corrected chi connectivity index (χ1v) is 11.1. The van der Waals surface area contributed by atoms with Crippen LogP contribution in [0.4, 0.5) is 4.79 Å². The second-order valence-corrected chi connectivity index (χ2v) is 7.73. The molecular formula is C27H29N3O3. The maximum Gasteiger partial charge on any atom is 0.315 e. The van der Waals surface area contributed by atoms with Gasteiger partial charge in [0.25, 0.3) is 0 Å². The van der Waals surface area contributed by atoms with Crippen molar-refractivity contribution in [2.75, 3.05) is 20.3 Å². The number of carbonyl (C=O) groups excluding carboxylic acids is 1. The zero-order chi connectivity index (χ0) is 23.0. The molecule has 0 aliphatic rings. The van der Waals surface area contributed by atoms with Gasteiger partial charge in [-0.2, -0.15) is 0 Å². The number of nitrogens with one attached hydrogen (secondary N) is 3. The van der Waals surface area contributed by atoms with Gasteiger partial charge in [-0.15, -0.1) is 0 Å².